The quantitative estimate of drug-likeness (QED) is 0.0561. The first-order chi connectivity index (χ1) is 32.2. The van der Waals surface area contributed by atoms with Crippen molar-refractivity contribution in [2.75, 3.05) is 39.0 Å². The summed E-state index contributed by atoms with van der Waals surface area (Å²) in [4.78, 5) is 98.4. The third kappa shape index (κ3) is 13.3. The van der Waals surface area contributed by atoms with Crippen molar-refractivity contribution in [3.8, 4) is 5.75 Å². The molecule has 69 heavy (non-hydrogen) atoms. The standard InChI is InChI=1S/C44H59ClN4O17S3/c1-23-11-10-12-32(62-9)44(57)22-30(63-42(56)46-44)25(3)39-43(5,65-39)33(21-35(51)48(7)28-18-27(17-23)19-29(61-8)38(28)45)64-41(55)26(4)47(6)34(50)15-16-67-68-24(2)13-14-37(53)66-49-36(52)20-31(40(49)54)69(58,59)60/h10-12,18-19,24-26,30-33,39,57H,13-17,20-22H2,1-9H3,(H,46,56)(H,58,59,60)/b12-10+,23-11+. The monoisotopic (exact) mass is 1050 g/mol. The van der Waals surface area contributed by atoms with E-state index in [1.807, 2.05) is 13.0 Å². The number of alkyl carbamates (subject to hydrolysis) is 1. The summed E-state index contributed by atoms with van der Waals surface area (Å²) in [6, 6.07) is 2.38. The van der Waals surface area contributed by atoms with Gasteiger partial charge in [0.2, 0.25) is 11.8 Å². The summed E-state index contributed by atoms with van der Waals surface area (Å²) in [5.74, 6) is -5.11. The van der Waals surface area contributed by atoms with E-state index in [9.17, 15) is 47.1 Å². The average Bonchev–Trinajstić information content (AvgIpc) is 3.90. The largest absolute Gasteiger partial charge is 0.495 e. The Bertz CT molecular complexity index is 2350. The molecule has 3 N–H and O–H groups in total. The second-order valence-electron chi connectivity index (χ2n) is 17.6. The zero-order valence-electron chi connectivity index (χ0n) is 39.6. The van der Waals surface area contributed by atoms with Gasteiger partial charge in [-0.3, -0.25) is 29.0 Å². The molecule has 4 bridgehead atoms. The Hall–Kier alpha value is -4.43. The van der Waals surface area contributed by atoms with Crippen LogP contribution >= 0.6 is 33.2 Å². The second kappa shape index (κ2) is 22.8. The lowest BCUT2D eigenvalue weighted by Crippen LogP contribution is -2.63. The van der Waals surface area contributed by atoms with E-state index in [4.69, 9.17) is 44.7 Å². The molecule has 1 aromatic rings. The molecule has 5 amide bonds. The van der Waals surface area contributed by atoms with Crippen molar-refractivity contribution in [2.24, 2.45) is 5.92 Å². The van der Waals surface area contributed by atoms with Gasteiger partial charge in [-0.2, -0.15) is 8.42 Å². The molecule has 5 rings (SSSR count). The lowest BCUT2D eigenvalue weighted by atomic mass is 9.83. The first-order valence-electron chi connectivity index (χ1n) is 21.9. The van der Waals surface area contributed by atoms with Gasteiger partial charge < -0.3 is 43.4 Å². The van der Waals surface area contributed by atoms with Crippen LogP contribution in [-0.4, -0.2) is 156 Å². The van der Waals surface area contributed by atoms with E-state index in [2.05, 4.69) is 5.32 Å². The van der Waals surface area contributed by atoms with Gasteiger partial charge in [0, 0.05) is 57.4 Å². The number of allylic oxidation sites excluding steroid dienone is 3. The Kier molecular flexibility index (Phi) is 18.3. The summed E-state index contributed by atoms with van der Waals surface area (Å²) in [7, 11) is 3.63. The van der Waals surface area contributed by atoms with Crippen LogP contribution < -0.4 is 15.0 Å². The zero-order valence-corrected chi connectivity index (χ0v) is 42.8. The summed E-state index contributed by atoms with van der Waals surface area (Å²) in [6.07, 6.45) is -0.563. The van der Waals surface area contributed by atoms with Gasteiger partial charge in [-0.15, -0.1) is 5.06 Å². The number of ether oxygens (including phenoxy) is 5. The number of amides is 5. The van der Waals surface area contributed by atoms with E-state index in [1.54, 1.807) is 45.1 Å². The van der Waals surface area contributed by atoms with E-state index in [0.29, 0.717) is 23.6 Å². The number of hydrogen-bond acceptors (Lipinski definition) is 18. The number of likely N-dealkylation sites (N-methyl/N-ethyl adjacent to an activating group) is 1. The number of imide groups is 1. The highest BCUT2D eigenvalue weighted by Crippen LogP contribution is 2.49. The molecule has 3 fully saturated rings. The first-order valence-corrected chi connectivity index (χ1v) is 26.2. The van der Waals surface area contributed by atoms with Crippen molar-refractivity contribution >= 4 is 90.7 Å². The number of benzene rings is 1. The summed E-state index contributed by atoms with van der Waals surface area (Å²) in [5.41, 5.74) is -1.22. The Morgan fingerprint density at radius 3 is 2.43 bits per heavy atom. The molecule has 4 aliphatic heterocycles. The number of rotatable bonds is 15. The van der Waals surface area contributed by atoms with Crippen LogP contribution in [0.25, 0.3) is 0 Å². The van der Waals surface area contributed by atoms with Gasteiger partial charge >= 0.3 is 18.0 Å². The molecular weight excluding hydrogens is 988 g/mol. The normalized spacial score (nSPS) is 29.7. The minimum Gasteiger partial charge on any atom is -0.495 e. The summed E-state index contributed by atoms with van der Waals surface area (Å²) in [6.45, 7) is 8.58. The molecule has 0 saturated carbocycles. The van der Waals surface area contributed by atoms with E-state index < -0.39 is 118 Å². The molecule has 382 valence electrons. The summed E-state index contributed by atoms with van der Waals surface area (Å²) >= 11 is 6.78. The van der Waals surface area contributed by atoms with Gasteiger partial charge in [-0.25, -0.2) is 14.4 Å². The highest BCUT2D eigenvalue weighted by Gasteiger charge is 2.64. The van der Waals surface area contributed by atoms with Crippen LogP contribution in [0.2, 0.25) is 5.02 Å². The number of methoxy groups -OCH3 is 2. The van der Waals surface area contributed by atoms with Gasteiger partial charge in [-0.05, 0) is 51.3 Å². The Balaban J connectivity index is 1.25. The van der Waals surface area contributed by atoms with Gasteiger partial charge in [0.1, 0.15) is 40.7 Å². The number of nitrogens with one attached hydrogen (secondary N) is 1. The number of fused-ring (bicyclic) bond motifs is 5. The maximum Gasteiger partial charge on any atom is 0.409 e. The number of halogens is 1. The molecule has 4 heterocycles. The van der Waals surface area contributed by atoms with Crippen molar-refractivity contribution in [1.82, 2.24) is 15.3 Å². The van der Waals surface area contributed by atoms with Crippen LogP contribution in [0.1, 0.15) is 78.7 Å². The molecule has 21 nitrogen and oxygen atoms in total. The molecule has 0 aliphatic carbocycles. The fraction of sp³-hybridized carbons (Fsp3) is 0.614. The van der Waals surface area contributed by atoms with Crippen molar-refractivity contribution in [3.05, 3.63) is 46.5 Å². The van der Waals surface area contributed by atoms with Crippen LogP contribution in [-0.2, 0) is 69.1 Å². The number of esters is 1. The Labute approximate surface area is 413 Å². The number of carbonyl (C=O) groups is 7. The lowest BCUT2D eigenvalue weighted by Gasteiger charge is -2.42. The smallest absolute Gasteiger partial charge is 0.409 e. The maximum atomic E-state index is 14.3. The highest BCUT2D eigenvalue weighted by atomic mass is 35.5. The minimum atomic E-state index is -4.86. The van der Waals surface area contributed by atoms with Crippen molar-refractivity contribution in [1.29, 1.82) is 0 Å². The van der Waals surface area contributed by atoms with E-state index in [-0.39, 0.29) is 41.0 Å². The number of anilines is 1. The van der Waals surface area contributed by atoms with Gasteiger partial charge in [0.25, 0.3) is 21.9 Å². The van der Waals surface area contributed by atoms with Crippen LogP contribution in [0.5, 0.6) is 5.75 Å². The zero-order chi connectivity index (χ0) is 51.3. The van der Waals surface area contributed by atoms with Gasteiger partial charge in [-0.1, -0.05) is 70.8 Å². The van der Waals surface area contributed by atoms with Crippen molar-refractivity contribution in [2.45, 2.75) is 132 Å². The predicted octanol–water partition coefficient (Wildman–Crippen LogP) is 3.93. The summed E-state index contributed by atoms with van der Waals surface area (Å²) in [5, 5.41) is 12.3. The van der Waals surface area contributed by atoms with E-state index in [0.717, 1.165) is 11.1 Å². The first kappa shape index (κ1) is 55.5. The van der Waals surface area contributed by atoms with Crippen LogP contribution in [0.15, 0.2) is 35.9 Å². The van der Waals surface area contributed by atoms with Crippen LogP contribution in [0.3, 0.4) is 0 Å². The number of hydroxylamine groups is 2. The number of nitrogens with zero attached hydrogens (tertiary/aromatic N) is 3. The predicted molar refractivity (Wildman–Crippen MR) is 252 cm³/mol. The Morgan fingerprint density at radius 2 is 1.80 bits per heavy atom. The molecule has 10 unspecified atom stereocenters. The average molecular weight is 1050 g/mol. The molecular formula is C44H59ClN4O17S3. The lowest BCUT2D eigenvalue weighted by molar-refractivity contribution is -0.197. The topological polar surface area (TPSA) is 275 Å². The van der Waals surface area contributed by atoms with Crippen molar-refractivity contribution in [3.63, 3.8) is 0 Å². The Morgan fingerprint density at radius 1 is 1.10 bits per heavy atom. The summed E-state index contributed by atoms with van der Waals surface area (Å²) < 4.78 is 61.1. The van der Waals surface area contributed by atoms with Crippen LogP contribution in [0.4, 0.5) is 10.5 Å². The molecule has 0 spiro atoms. The highest BCUT2D eigenvalue weighted by molar-refractivity contribution is 8.76. The van der Waals surface area contributed by atoms with Crippen molar-refractivity contribution < 1.29 is 80.2 Å². The minimum absolute atomic E-state index is 0.00141. The SMILES string of the molecule is COc1cc2cc(c1Cl)N(C)C(=O)CC(OC(=O)C(C)N(C)C(=O)CCSSC(C)CCC(=O)ON1C(=O)CC(S(=O)(=O)O)C1=O)C1(C)OC1C(C)C1CC(O)(NC(=O)O1)C(OC)/C=C/C=C(\C)C2. The second-order valence-corrected chi connectivity index (χ2v) is 22.5. The molecule has 0 aromatic heterocycles. The fourth-order valence-electron chi connectivity index (χ4n) is 8.12. The molecule has 1 aromatic carbocycles. The molecule has 0 radical (unpaired) electrons. The fourth-order valence-corrected chi connectivity index (χ4v) is 11.5. The molecule has 10 atom stereocenters. The molecule has 4 aliphatic rings. The maximum absolute atomic E-state index is 14.3. The third-order valence-electron chi connectivity index (χ3n) is 12.5. The van der Waals surface area contributed by atoms with Gasteiger partial charge in [0.15, 0.2) is 11.0 Å². The number of epoxide rings is 1. The molecule has 3 saturated heterocycles. The number of aliphatic hydroxyl groups is 1. The van der Waals surface area contributed by atoms with E-state index >= 15 is 0 Å². The van der Waals surface area contributed by atoms with Gasteiger partial charge in [0.05, 0.1) is 31.7 Å². The number of carbonyl (C=O) groups excluding carboxylic acids is 7. The van der Waals surface area contributed by atoms with E-state index in [1.165, 1.54) is 66.6 Å². The van der Waals surface area contributed by atoms with Crippen LogP contribution in [0, 0.1) is 5.92 Å². The third-order valence-corrected chi connectivity index (χ3v) is 17.0. The molecule has 25 heteroatoms. The number of hydrogen-bond donors (Lipinski definition) is 3.